The van der Waals surface area contributed by atoms with Crippen molar-refractivity contribution in [1.29, 1.82) is 0 Å². The molecule has 1 N–H and O–H groups in total. The van der Waals surface area contributed by atoms with Crippen molar-refractivity contribution in [3.8, 4) is 33.8 Å². The molecule has 0 aliphatic carbocycles. The Balaban J connectivity index is 0.000000170. The van der Waals surface area contributed by atoms with Gasteiger partial charge in [0.25, 0.3) is 0 Å². The van der Waals surface area contributed by atoms with Crippen molar-refractivity contribution in [2.75, 3.05) is 60.2 Å². The molecule has 1 amide bonds. The molecule has 28 heteroatoms. The lowest BCUT2D eigenvalue weighted by Crippen LogP contribution is -2.48. The van der Waals surface area contributed by atoms with Crippen LogP contribution in [0.15, 0.2) is 129 Å². The van der Waals surface area contributed by atoms with Crippen LogP contribution < -0.4 is 0 Å². The van der Waals surface area contributed by atoms with Gasteiger partial charge in [0.1, 0.15) is 56.4 Å². The molecule has 0 unspecified atom stereocenters. The Bertz CT molecular complexity index is 5580. The summed E-state index contributed by atoms with van der Waals surface area (Å²) in [7, 11) is -0.188. The lowest BCUT2D eigenvalue weighted by Gasteiger charge is -2.32. The van der Waals surface area contributed by atoms with Gasteiger partial charge in [-0.15, -0.1) is 0 Å². The summed E-state index contributed by atoms with van der Waals surface area (Å²) < 4.78 is 34.0. The molecule has 13 rings (SSSR count). The van der Waals surface area contributed by atoms with Crippen LogP contribution in [0.1, 0.15) is 93.4 Å². The Morgan fingerprint density at radius 3 is 1.02 bits per heavy atom. The molecular formula is C87H114N14O11Si3. The summed E-state index contributed by atoms with van der Waals surface area (Å²) in [6, 6.07) is 26.7. The second-order valence-electron chi connectivity index (χ2n) is 36.8. The summed E-state index contributed by atoms with van der Waals surface area (Å²) in [5, 5.41) is 12.2. The van der Waals surface area contributed by atoms with Crippen molar-refractivity contribution in [2.45, 2.75) is 179 Å². The fourth-order valence-corrected chi connectivity index (χ4v) is 15.8. The molecule has 115 heavy (non-hydrogen) atoms. The highest BCUT2D eigenvalue weighted by atomic mass is 28.3. The number of ketones is 3. The number of carbonyl (C=O) groups is 6. The summed E-state index contributed by atoms with van der Waals surface area (Å²) in [4.78, 5) is 110. The molecule has 25 nitrogen and oxygen atoms in total. The molecule has 12 aromatic rings. The van der Waals surface area contributed by atoms with Crippen LogP contribution in [0.5, 0.6) is 0 Å². The van der Waals surface area contributed by atoms with Crippen molar-refractivity contribution in [3.63, 3.8) is 0 Å². The first kappa shape index (κ1) is 85.9. The smallest absolute Gasteiger partial charge is 0.325 e. The van der Waals surface area contributed by atoms with E-state index in [-0.39, 0.29) is 48.9 Å². The van der Waals surface area contributed by atoms with Gasteiger partial charge in [-0.05, 0) is 43.4 Å². The molecule has 0 spiro atoms. The SMILES string of the molecule is CC(C)(C)C(=O)c1cn(COCC[Si](C)(C)C)c2ncc(-c3cn(CC(=O)O)c4ccccc34)nc12.CN1CCN(C(=O)Cn2cc(-c3cnc4c(n3)c(C(=O)C(C)(C)C)cn4COCC[Si](C)(C)C)c3ccccc32)CC1.COC(=O)Cn1cc(-c2cnc3c(n2)c(C(=O)C(C)(C)C)cn3COCC[Si](C)(C)C)c2ccccc21. The average Bonchev–Trinajstić information content (AvgIpc) is 1.49. The number of para-hydroxylation sites is 3. The number of benzene rings is 3. The molecule has 1 aliphatic rings. The molecule has 0 radical (unpaired) electrons. The first-order valence-electron chi connectivity index (χ1n) is 39.5. The number of aliphatic carboxylic acids is 1. The van der Waals surface area contributed by atoms with Gasteiger partial charge in [0.15, 0.2) is 34.3 Å². The number of fused-ring (bicyclic) bond motifs is 6. The summed E-state index contributed by atoms with van der Waals surface area (Å²) in [5.41, 5.74) is 10.4. The predicted octanol–water partition coefficient (Wildman–Crippen LogP) is 16.8. The number of piperazine rings is 1. The molecule has 0 saturated carbocycles. The number of hydrogen-bond acceptors (Lipinski definition) is 17. The van der Waals surface area contributed by atoms with Gasteiger partial charge in [0.05, 0.1) is 59.5 Å². The van der Waals surface area contributed by atoms with Crippen molar-refractivity contribution in [3.05, 3.63) is 145 Å². The number of likely N-dealkylation sites (N-methyl/N-ethyl adjacent to an activating group) is 1. The van der Waals surface area contributed by atoms with E-state index in [4.69, 9.17) is 48.9 Å². The second kappa shape index (κ2) is 34.9. The highest BCUT2D eigenvalue weighted by Gasteiger charge is 2.33. The van der Waals surface area contributed by atoms with Gasteiger partial charge < -0.3 is 61.3 Å². The van der Waals surface area contributed by atoms with Crippen LogP contribution in [0.4, 0.5) is 0 Å². The average molecular weight is 1620 g/mol. The van der Waals surface area contributed by atoms with E-state index in [0.717, 1.165) is 93.7 Å². The fraction of sp³-hybridized carbons (Fsp3) is 0.448. The Morgan fingerprint density at radius 2 is 0.722 bits per heavy atom. The first-order valence-corrected chi connectivity index (χ1v) is 50.6. The van der Waals surface area contributed by atoms with Crippen LogP contribution in [0.2, 0.25) is 77.1 Å². The predicted molar refractivity (Wildman–Crippen MR) is 463 cm³/mol. The first-order chi connectivity index (χ1) is 54.0. The van der Waals surface area contributed by atoms with Crippen LogP contribution in [0.3, 0.4) is 0 Å². The van der Waals surface area contributed by atoms with E-state index in [1.54, 1.807) is 35.6 Å². The second-order valence-corrected chi connectivity index (χ2v) is 53.7. The standard InChI is InChI=1S/C32H44N6O3Si.C28H36N4O4Si.C27H34N4O4Si/c1-32(2,3)30(40)25-20-38(22-41-16-17-42(5,6)7)31-29(25)34-26(18-33-31)24-19-37(27-11-9-8-10-23(24)27)21-28(39)36-14-12-35(4)13-15-36;1-28(2,3)26(34)21-16-32(18-36-12-13-37(5,6)7)27-25(21)30-22(14-29-27)20-15-31(17-24(33)35-4)23-11-9-8-10-19(20)23;1-27(2,3)25(34)20-15-31(17-35-11-12-36(4,5)6)26-24(20)29-21(13-28-26)19-14-30(16-23(32)33)22-10-8-7-9-18(19)22/h8-11,18-20H,12-17,21-22H2,1-7H3;8-11,14-16H,12-13,17-18H2,1-7H3;7-10,13-15H,11-12,16-17H2,1-6H3,(H,32,33). The van der Waals surface area contributed by atoms with Crippen LogP contribution in [0, 0.1) is 16.2 Å². The highest BCUT2D eigenvalue weighted by molar-refractivity contribution is 6.76. The maximum absolute atomic E-state index is 13.5. The van der Waals surface area contributed by atoms with Gasteiger partial charge in [0, 0.05) is 173 Å². The minimum Gasteiger partial charge on any atom is -0.480 e. The third kappa shape index (κ3) is 20.8. The van der Waals surface area contributed by atoms with Crippen LogP contribution in [-0.4, -0.2) is 192 Å². The van der Waals surface area contributed by atoms with E-state index in [1.165, 1.54) is 7.11 Å². The van der Waals surface area contributed by atoms with E-state index in [2.05, 4.69) is 70.9 Å². The number of carboxylic acid groups (broad SMARTS) is 1. The Labute approximate surface area is 676 Å². The lowest BCUT2D eigenvalue weighted by atomic mass is 9.87. The van der Waals surface area contributed by atoms with Crippen LogP contribution >= 0.6 is 0 Å². The number of esters is 1. The number of nitrogens with zero attached hydrogens (tertiary/aromatic N) is 14. The van der Waals surface area contributed by atoms with Crippen LogP contribution in [-0.2, 0) is 73.2 Å². The molecule has 0 bridgehead atoms. The van der Waals surface area contributed by atoms with E-state index < -0.39 is 46.4 Å². The molecule has 10 heterocycles. The lowest BCUT2D eigenvalue weighted by molar-refractivity contribution is -0.141. The molecule has 3 aromatic carbocycles. The zero-order valence-electron chi connectivity index (χ0n) is 70.7. The normalized spacial score (nSPS) is 13.4. The van der Waals surface area contributed by atoms with E-state index in [9.17, 15) is 33.9 Å². The zero-order valence-corrected chi connectivity index (χ0v) is 73.7. The Hall–Kier alpha value is -9.95. The summed E-state index contributed by atoms with van der Waals surface area (Å²) >= 11 is 0. The van der Waals surface area contributed by atoms with Crippen molar-refractivity contribution in [1.82, 2.24) is 67.1 Å². The summed E-state index contributed by atoms with van der Waals surface area (Å²) in [5.74, 6) is -1.15. The number of carboxylic acids is 1. The number of amides is 1. The van der Waals surface area contributed by atoms with Crippen LogP contribution in [0.25, 0.3) is 100.0 Å². The molecule has 1 saturated heterocycles. The largest absolute Gasteiger partial charge is 0.480 e. The van der Waals surface area contributed by atoms with Gasteiger partial charge in [-0.25, -0.2) is 29.9 Å². The van der Waals surface area contributed by atoms with E-state index >= 15 is 0 Å². The number of aromatic nitrogens is 12. The minimum absolute atomic E-state index is 0.00193. The monoisotopic (exact) mass is 1610 g/mol. The van der Waals surface area contributed by atoms with Crippen molar-refractivity contribution < 1.29 is 52.8 Å². The topological polar surface area (TPSA) is 273 Å². The maximum Gasteiger partial charge on any atom is 0.325 e. The number of Topliss-reactive ketones (excluding diaryl/α,β-unsaturated/α-hetero) is 3. The van der Waals surface area contributed by atoms with Crippen molar-refractivity contribution >= 4 is 126 Å². The molecule has 1 aliphatic heterocycles. The van der Waals surface area contributed by atoms with Gasteiger partial charge in [0.2, 0.25) is 5.91 Å². The Morgan fingerprint density at radius 1 is 0.417 bits per heavy atom. The fourth-order valence-electron chi connectivity index (χ4n) is 13.6. The quantitative estimate of drug-likeness (QED) is 0.0217. The number of hydrogen-bond donors (Lipinski definition) is 1. The van der Waals surface area contributed by atoms with Gasteiger partial charge in [-0.2, -0.15) is 0 Å². The maximum atomic E-state index is 13.5. The van der Waals surface area contributed by atoms with E-state index in [1.807, 2.05) is 188 Å². The number of rotatable bonds is 27. The molecule has 610 valence electrons. The highest BCUT2D eigenvalue weighted by Crippen LogP contribution is 2.38. The summed E-state index contributed by atoms with van der Waals surface area (Å²) in [6.45, 7) is 44.4. The summed E-state index contributed by atoms with van der Waals surface area (Å²) in [6.07, 6.45) is 16.3. The molecular weight excluding hydrogens is 1500 g/mol. The number of carbonyl (C=O) groups excluding carboxylic acids is 5. The number of ether oxygens (including phenoxy) is 4. The van der Waals surface area contributed by atoms with Gasteiger partial charge in [-0.3, -0.25) is 28.8 Å². The van der Waals surface area contributed by atoms with Gasteiger partial charge >= 0.3 is 11.9 Å². The van der Waals surface area contributed by atoms with Crippen molar-refractivity contribution in [2.24, 2.45) is 16.2 Å². The number of methoxy groups -OCH3 is 1. The third-order valence-electron chi connectivity index (χ3n) is 20.3. The molecule has 1 fully saturated rings. The zero-order chi connectivity index (χ0) is 83.4. The Kier molecular flexibility index (Phi) is 26.0. The van der Waals surface area contributed by atoms with E-state index in [0.29, 0.717) is 107 Å². The molecule has 9 aromatic heterocycles. The van der Waals surface area contributed by atoms with Gasteiger partial charge in [-0.1, -0.05) is 176 Å². The third-order valence-corrected chi connectivity index (χ3v) is 25.5. The molecule has 0 atom stereocenters. The minimum atomic E-state index is -1.22.